The van der Waals surface area contributed by atoms with E-state index in [1.807, 2.05) is 6.92 Å². The molecule has 0 aromatic heterocycles. The van der Waals surface area contributed by atoms with Crippen LogP contribution in [0.4, 0.5) is 0 Å². The summed E-state index contributed by atoms with van der Waals surface area (Å²) in [5, 5.41) is 7.99. The molecule has 0 bridgehead atoms. The molecule has 2 rings (SSSR count). The van der Waals surface area contributed by atoms with Gasteiger partial charge in [0.1, 0.15) is 0 Å². The maximum absolute atomic E-state index is 12.1. The summed E-state index contributed by atoms with van der Waals surface area (Å²) in [6.07, 6.45) is 0.803. The molecular formula is C14H20N2O4S. The number of rotatable bonds is 4. The summed E-state index contributed by atoms with van der Waals surface area (Å²) in [6.45, 7) is 4.17. The van der Waals surface area contributed by atoms with E-state index >= 15 is 0 Å². The Morgan fingerprint density at radius 2 is 2.19 bits per heavy atom. The average Bonchev–Trinajstić information content (AvgIpc) is 2.84. The Bertz CT molecular complexity index is 630. The van der Waals surface area contributed by atoms with Crippen molar-refractivity contribution in [1.82, 2.24) is 5.32 Å². The number of hydrogen-bond donors (Lipinski definition) is 2. The third-order valence-corrected chi connectivity index (χ3v) is 4.53. The largest absolute Gasteiger partial charge is 0.378 e. The minimum absolute atomic E-state index is 0.0407. The maximum Gasteiger partial charge on any atom is 0.238 e. The van der Waals surface area contributed by atoms with Gasteiger partial charge in [-0.05, 0) is 38.0 Å². The van der Waals surface area contributed by atoms with Crippen molar-refractivity contribution in [2.24, 2.45) is 11.1 Å². The number of primary sulfonamides is 1. The molecule has 7 heteroatoms. The Balaban J connectivity index is 2.07. The number of nitrogens with two attached hydrogens (primary N) is 1. The molecule has 0 aliphatic carbocycles. The number of benzene rings is 1. The standard InChI is InChI=1S/C14H20N2O4S/c1-9-6-12(8-20-9)14(17)16-10(2)11-4-3-5-13(7-11)21(15,18)19/h3-5,7,9-10,12H,6,8H2,1-2H3,(H,16,17)(H2,15,18,19). The molecule has 3 unspecified atom stereocenters. The van der Waals surface area contributed by atoms with E-state index < -0.39 is 10.0 Å². The molecule has 1 aliphatic heterocycles. The zero-order valence-electron chi connectivity index (χ0n) is 12.1. The van der Waals surface area contributed by atoms with Crippen molar-refractivity contribution >= 4 is 15.9 Å². The molecule has 1 amide bonds. The van der Waals surface area contributed by atoms with E-state index in [4.69, 9.17) is 9.88 Å². The summed E-state index contributed by atoms with van der Waals surface area (Å²) in [5.41, 5.74) is 0.696. The number of ether oxygens (including phenoxy) is 1. The highest BCUT2D eigenvalue weighted by Crippen LogP contribution is 2.21. The quantitative estimate of drug-likeness (QED) is 0.864. The number of carbonyl (C=O) groups excluding carboxylic acids is 1. The highest BCUT2D eigenvalue weighted by molar-refractivity contribution is 7.89. The van der Waals surface area contributed by atoms with Crippen LogP contribution in [0.5, 0.6) is 0 Å². The fourth-order valence-corrected chi connectivity index (χ4v) is 2.94. The van der Waals surface area contributed by atoms with Crippen LogP contribution in [0.3, 0.4) is 0 Å². The van der Waals surface area contributed by atoms with Gasteiger partial charge in [0.25, 0.3) is 0 Å². The number of sulfonamides is 1. The van der Waals surface area contributed by atoms with Gasteiger partial charge in [0.05, 0.1) is 29.6 Å². The fraction of sp³-hybridized carbons (Fsp3) is 0.500. The normalized spacial score (nSPS) is 23.8. The molecule has 1 aromatic rings. The van der Waals surface area contributed by atoms with Crippen LogP contribution in [0.1, 0.15) is 31.9 Å². The van der Waals surface area contributed by atoms with Crippen LogP contribution in [0.15, 0.2) is 29.2 Å². The van der Waals surface area contributed by atoms with E-state index in [1.54, 1.807) is 19.1 Å². The van der Waals surface area contributed by atoms with E-state index in [0.717, 1.165) is 0 Å². The van der Waals surface area contributed by atoms with Gasteiger partial charge in [-0.3, -0.25) is 4.79 Å². The molecule has 3 N–H and O–H groups in total. The van der Waals surface area contributed by atoms with Gasteiger partial charge in [0, 0.05) is 0 Å². The van der Waals surface area contributed by atoms with E-state index in [9.17, 15) is 13.2 Å². The predicted molar refractivity (Wildman–Crippen MR) is 77.9 cm³/mol. The molecule has 0 spiro atoms. The van der Waals surface area contributed by atoms with Crippen molar-refractivity contribution in [3.63, 3.8) is 0 Å². The number of nitrogens with one attached hydrogen (secondary N) is 1. The second-order valence-corrected chi connectivity index (χ2v) is 6.99. The van der Waals surface area contributed by atoms with Crippen LogP contribution in [-0.4, -0.2) is 27.0 Å². The first-order valence-electron chi connectivity index (χ1n) is 6.82. The fourth-order valence-electron chi connectivity index (χ4n) is 2.38. The van der Waals surface area contributed by atoms with Crippen molar-refractivity contribution in [3.8, 4) is 0 Å². The second kappa shape index (κ2) is 6.13. The van der Waals surface area contributed by atoms with E-state index in [-0.39, 0.29) is 28.9 Å². The van der Waals surface area contributed by atoms with Crippen LogP contribution in [0, 0.1) is 5.92 Å². The number of hydrogen-bond acceptors (Lipinski definition) is 4. The molecule has 0 radical (unpaired) electrons. The third kappa shape index (κ3) is 4.03. The summed E-state index contributed by atoms with van der Waals surface area (Å²) >= 11 is 0. The zero-order chi connectivity index (χ0) is 15.6. The first kappa shape index (κ1) is 15.9. The zero-order valence-corrected chi connectivity index (χ0v) is 12.9. The SMILES string of the molecule is CC1CC(C(=O)NC(C)c2cccc(S(N)(=O)=O)c2)CO1. The molecule has 1 saturated heterocycles. The smallest absolute Gasteiger partial charge is 0.238 e. The van der Waals surface area contributed by atoms with Crippen molar-refractivity contribution in [1.29, 1.82) is 0 Å². The molecule has 0 saturated carbocycles. The van der Waals surface area contributed by atoms with Gasteiger partial charge >= 0.3 is 0 Å². The van der Waals surface area contributed by atoms with Gasteiger partial charge in [0.2, 0.25) is 15.9 Å². The highest BCUT2D eigenvalue weighted by atomic mass is 32.2. The van der Waals surface area contributed by atoms with Crippen molar-refractivity contribution in [2.45, 2.75) is 37.3 Å². The van der Waals surface area contributed by atoms with Crippen LogP contribution < -0.4 is 10.5 Å². The van der Waals surface area contributed by atoms with Crippen molar-refractivity contribution in [2.75, 3.05) is 6.61 Å². The van der Waals surface area contributed by atoms with Crippen molar-refractivity contribution < 1.29 is 17.9 Å². The van der Waals surface area contributed by atoms with E-state index in [1.165, 1.54) is 12.1 Å². The van der Waals surface area contributed by atoms with Gasteiger partial charge in [-0.2, -0.15) is 0 Å². The first-order chi connectivity index (χ1) is 9.77. The van der Waals surface area contributed by atoms with Gasteiger partial charge in [-0.1, -0.05) is 12.1 Å². The molecule has 6 nitrogen and oxygen atoms in total. The summed E-state index contributed by atoms with van der Waals surface area (Å²) in [6, 6.07) is 5.98. The van der Waals surface area contributed by atoms with Crippen LogP contribution in [-0.2, 0) is 19.6 Å². The minimum atomic E-state index is -3.74. The van der Waals surface area contributed by atoms with E-state index in [2.05, 4.69) is 5.32 Å². The molecular weight excluding hydrogens is 292 g/mol. The lowest BCUT2D eigenvalue weighted by molar-refractivity contribution is -0.125. The second-order valence-electron chi connectivity index (χ2n) is 5.42. The highest BCUT2D eigenvalue weighted by Gasteiger charge is 2.29. The Morgan fingerprint density at radius 3 is 2.76 bits per heavy atom. The topological polar surface area (TPSA) is 98.5 Å². The van der Waals surface area contributed by atoms with Crippen LogP contribution in [0.25, 0.3) is 0 Å². The molecule has 1 heterocycles. The van der Waals surface area contributed by atoms with Gasteiger partial charge in [0.15, 0.2) is 0 Å². The minimum Gasteiger partial charge on any atom is -0.378 e. The molecule has 1 aliphatic rings. The lowest BCUT2D eigenvalue weighted by Crippen LogP contribution is -2.33. The molecule has 116 valence electrons. The summed E-state index contributed by atoms with van der Waals surface area (Å²) in [4.78, 5) is 12.2. The number of amides is 1. The summed E-state index contributed by atoms with van der Waals surface area (Å²) in [5.74, 6) is -0.225. The van der Waals surface area contributed by atoms with Gasteiger partial charge in [-0.15, -0.1) is 0 Å². The van der Waals surface area contributed by atoms with Crippen molar-refractivity contribution in [3.05, 3.63) is 29.8 Å². The molecule has 21 heavy (non-hydrogen) atoms. The first-order valence-corrected chi connectivity index (χ1v) is 8.36. The summed E-state index contributed by atoms with van der Waals surface area (Å²) in [7, 11) is -3.74. The molecule has 3 atom stereocenters. The third-order valence-electron chi connectivity index (χ3n) is 3.61. The summed E-state index contributed by atoms with van der Waals surface area (Å²) < 4.78 is 28.1. The maximum atomic E-state index is 12.1. The van der Waals surface area contributed by atoms with Crippen LogP contribution in [0.2, 0.25) is 0 Å². The van der Waals surface area contributed by atoms with E-state index in [0.29, 0.717) is 18.6 Å². The Kier molecular flexibility index (Phi) is 4.65. The molecule has 1 aromatic carbocycles. The Labute approximate surface area is 124 Å². The molecule has 1 fully saturated rings. The Morgan fingerprint density at radius 1 is 1.48 bits per heavy atom. The predicted octanol–water partition coefficient (Wildman–Crippen LogP) is 0.936. The van der Waals surface area contributed by atoms with Gasteiger partial charge < -0.3 is 10.1 Å². The monoisotopic (exact) mass is 312 g/mol. The lowest BCUT2D eigenvalue weighted by atomic mass is 10.0. The lowest BCUT2D eigenvalue weighted by Gasteiger charge is -2.17. The van der Waals surface area contributed by atoms with Gasteiger partial charge in [-0.25, -0.2) is 13.6 Å². The average molecular weight is 312 g/mol. The number of carbonyl (C=O) groups is 1. The Hall–Kier alpha value is -1.44. The van der Waals surface area contributed by atoms with Crippen LogP contribution >= 0.6 is 0 Å².